The van der Waals surface area contributed by atoms with Crippen LogP contribution in [-0.4, -0.2) is 25.4 Å². The third-order valence-electron chi connectivity index (χ3n) is 2.45. The summed E-state index contributed by atoms with van der Waals surface area (Å²) in [6.07, 6.45) is 1.11. The first-order valence-electron chi connectivity index (χ1n) is 3.55. The van der Waals surface area contributed by atoms with E-state index in [1.165, 1.54) is 0 Å². The SMILES string of the molecule is CC1COCCC12CO2. The summed E-state index contributed by atoms with van der Waals surface area (Å²) in [6, 6.07) is 0. The molecule has 1 spiro atoms. The summed E-state index contributed by atoms with van der Waals surface area (Å²) in [4.78, 5) is 0. The highest BCUT2D eigenvalue weighted by Crippen LogP contribution is 2.40. The van der Waals surface area contributed by atoms with E-state index in [2.05, 4.69) is 6.92 Å². The Morgan fingerprint density at radius 1 is 1.56 bits per heavy atom. The minimum atomic E-state index is 0.262. The van der Waals surface area contributed by atoms with Gasteiger partial charge >= 0.3 is 0 Å². The number of hydrogen-bond acceptors (Lipinski definition) is 2. The molecule has 2 heteroatoms. The molecule has 2 aliphatic rings. The van der Waals surface area contributed by atoms with Gasteiger partial charge in [-0.3, -0.25) is 0 Å². The molecule has 0 aromatic heterocycles. The van der Waals surface area contributed by atoms with Crippen molar-refractivity contribution in [3.8, 4) is 0 Å². The molecule has 0 aromatic carbocycles. The Hall–Kier alpha value is -0.0800. The van der Waals surface area contributed by atoms with Gasteiger partial charge in [-0.25, -0.2) is 0 Å². The lowest BCUT2D eigenvalue weighted by atomic mass is 9.91. The fraction of sp³-hybridized carbons (Fsp3) is 1.00. The predicted octanol–water partition coefficient (Wildman–Crippen LogP) is 0.812. The van der Waals surface area contributed by atoms with Crippen LogP contribution in [0.15, 0.2) is 0 Å². The van der Waals surface area contributed by atoms with E-state index < -0.39 is 0 Å². The zero-order chi connectivity index (χ0) is 6.32. The maximum atomic E-state index is 5.37. The van der Waals surface area contributed by atoms with E-state index in [1.807, 2.05) is 0 Å². The Kier molecular flexibility index (Phi) is 1.08. The maximum absolute atomic E-state index is 5.37. The quantitative estimate of drug-likeness (QED) is 0.450. The molecule has 52 valence electrons. The molecule has 2 rings (SSSR count). The first-order chi connectivity index (χ1) is 4.33. The fourth-order valence-electron chi connectivity index (χ4n) is 1.42. The summed E-state index contributed by atoms with van der Waals surface area (Å²) < 4.78 is 10.6. The molecule has 0 saturated carbocycles. The predicted molar refractivity (Wildman–Crippen MR) is 33.3 cm³/mol. The highest BCUT2D eigenvalue weighted by molar-refractivity contribution is 4.98. The van der Waals surface area contributed by atoms with Gasteiger partial charge in [0.1, 0.15) is 0 Å². The zero-order valence-corrected chi connectivity index (χ0v) is 5.72. The van der Waals surface area contributed by atoms with E-state index in [-0.39, 0.29) is 5.60 Å². The normalized spacial score (nSPS) is 49.7. The van der Waals surface area contributed by atoms with Crippen LogP contribution in [0.3, 0.4) is 0 Å². The molecule has 2 saturated heterocycles. The molecule has 2 aliphatic heterocycles. The molecular weight excluding hydrogens is 116 g/mol. The maximum Gasteiger partial charge on any atom is 0.0985 e. The lowest BCUT2D eigenvalue weighted by Crippen LogP contribution is -2.32. The van der Waals surface area contributed by atoms with Crippen molar-refractivity contribution in [1.82, 2.24) is 0 Å². The molecule has 2 unspecified atom stereocenters. The van der Waals surface area contributed by atoms with E-state index in [4.69, 9.17) is 9.47 Å². The Morgan fingerprint density at radius 3 is 2.78 bits per heavy atom. The standard InChI is InChI=1S/C7H12O2/c1-6-4-8-3-2-7(6)5-9-7/h6H,2-5H2,1H3. The molecule has 0 amide bonds. The van der Waals surface area contributed by atoms with E-state index in [1.54, 1.807) is 0 Å². The van der Waals surface area contributed by atoms with Gasteiger partial charge in [0.15, 0.2) is 0 Å². The molecule has 9 heavy (non-hydrogen) atoms. The number of rotatable bonds is 0. The minimum absolute atomic E-state index is 0.262. The zero-order valence-electron chi connectivity index (χ0n) is 5.72. The van der Waals surface area contributed by atoms with Crippen LogP contribution in [0.4, 0.5) is 0 Å². The first kappa shape index (κ1) is 5.69. The largest absolute Gasteiger partial charge is 0.381 e. The number of ether oxygens (including phenoxy) is 2. The van der Waals surface area contributed by atoms with E-state index in [0.717, 1.165) is 26.2 Å². The van der Waals surface area contributed by atoms with Gasteiger partial charge in [0.2, 0.25) is 0 Å². The summed E-state index contributed by atoms with van der Waals surface area (Å²) in [5, 5.41) is 0. The minimum Gasteiger partial charge on any atom is -0.381 e. The number of hydrogen-bond donors (Lipinski definition) is 0. The summed E-state index contributed by atoms with van der Waals surface area (Å²) in [7, 11) is 0. The van der Waals surface area contributed by atoms with Gasteiger partial charge in [-0.2, -0.15) is 0 Å². The molecule has 2 nitrogen and oxygen atoms in total. The molecular formula is C7H12O2. The molecule has 0 aromatic rings. The van der Waals surface area contributed by atoms with Gasteiger partial charge in [-0.05, 0) is 0 Å². The summed E-state index contributed by atoms with van der Waals surface area (Å²) in [6.45, 7) is 4.95. The Morgan fingerprint density at radius 2 is 2.33 bits per heavy atom. The van der Waals surface area contributed by atoms with Gasteiger partial charge in [-0.1, -0.05) is 6.92 Å². The average molecular weight is 128 g/mol. The van der Waals surface area contributed by atoms with Crippen LogP contribution in [0.2, 0.25) is 0 Å². The Bertz CT molecular complexity index is 118. The monoisotopic (exact) mass is 128 g/mol. The van der Waals surface area contributed by atoms with Crippen LogP contribution < -0.4 is 0 Å². The van der Waals surface area contributed by atoms with Crippen LogP contribution in [0, 0.1) is 5.92 Å². The second-order valence-corrected chi connectivity index (χ2v) is 3.08. The van der Waals surface area contributed by atoms with Gasteiger partial charge < -0.3 is 9.47 Å². The van der Waals surface area contributed by atoms with Crippen LogP contribution in [-0.2, 0) is 9.47 Å². The van der Waals surface area contributed by atoms with Crippen LogP contribution >= 0.6 is 0 Å². The summed E-state index contributed by atoms with van der Waals surface area (Å²) in [5.41, 5.74) is 0.262. The van der Waals surface area contributed by atoms with Gasteiger partial charge in [0.25, 0.3) is 0 Å². The van der Waals surface area contributed by atoms with Gasteiger partial charge in [0.05, 0.1) is 18.8 Å². The van der Waals surface area contributed by atoms with Crippen molar-refractivity contribution in [3.05, 3.63) is 0 Å². The Labute approximate surface area is 55.1 Å². The Balaban J connectivity index is 2.03. The summed E-state index contributed by atoms with van der Waals surface area (Å²) >= 11 is 0. The number of epoxide rings is 1. The third kappa shape index (κ3) is 0.775. The molecule has 2 fully saturated rings. The fourth-order valence-corrected chi connectivity index (χ4v) is 1.42. The topological polar surface area (TPSA) is 21.8 Å². The second kappa shape index (κ2) is 1.70. The van der Waals surface area contributed by atoms with Crippen molar-refractivity contribution in [2.24, 2.45) is 5.92 Å². The molecule has 0 bridgehead atoms. The smallest absolute Gasteiger partial charge is 0.0985 e. The van der Waals surface area contributed by atoms with Crippen LogP contribution in [0.1, 0.15) is 13.3 Å². The van der Waals surface area contributed by atoms with Crippen molar-refractivity contribution in [3.63, 3.8) is 0 Å². The van der Waals surface area contributed by atoms with E-state index in [0.29, 0.717) is 5.92 Å². The molecule has 0 radical (unpaired) electrons. The summed E-state index contributed by atoms with van der Waals surface area (Å²) in [5.74, 6) is 0.617. The van der Waals surface area contributed by atoms with Crippen molar-refractivity contribution < 1.29 is 9.47 Å². The van der Waals surface area contributed by atoms with Crippen molar-refractivity contribution in [2.75, 3.05) is 19.8 Å². The van der Waals surface area contributed by atoms with Gasteiger partial charge in [-0.15, -0.1) is 0 Å². The third-order valence-corrected chi connectivity index (χ3v) is 2.45. The molecule has 2 heterocycles. The van der Waals surface area contributed by atoms with Crippen molar-refractivity contribution in [1.29, 1.82) is 0 Å². The lowest BCUT2D eigenvalue weighted by molar-refractivity contribution is 0.00693. The average Bonchev–Trinajstić information content (AvgIpc) is 2.60. The van der Waals surface area contributed by atoms with Crippen LogP contribution in [0.5, 0.6) is 0 Å². The van der Waals surface area contributed by atoms with Gasteiger partial charge in [0, 0.05) is 18.9 Å². The van der Waals surface area contributed by atoms with Crippen molar-refractivity contribution >= 4 is 0 Å². The van der Waals surface area contributed by atoms with Crippen LogP contribution in [0.25, 0.3) is 0 Å². The highest BCUT2D eigenvalue weighted by Gasteiger charge is 2.50. The highest BCUT2D eigenvalue weighted by atomic mass is 16.6. The van der Waals surface area contributed by atoms with E-state index >= 15 is 0 Å². The van der Waals surface area contributed by atoms with E-state index in [9.17, 15) is 0 Å². The van der Waals surface area contributed by atoms with Crippen molar-refractivity contribution in [2.45, 2.75) is 18.9 Å². The molecule has 0 N–H and O–H groups in total. The molecule has 0 aliphatic carbocycles. The molecule has 2 atom stereocenters. The lowest BCUT2D eigenvalue weighted by Gasteiger charge is -2.25. The second-order valence-electron chi connectivity index (χ2n) is 3.08. The first-order valence-corrected chi connectivity index (χ1v) is 3.55.